The molecule has 1 N–H and O–H groups in total. The van der Waals surface area contributed by atoms with Crippen LogP contribution in [-0.4, -0.2) is 13.0 Å². The minimum atomic E-state index is -0.198. The lowest BCUT2D eigenvalue weighted by atomic mass is 10.1. The summed E-state index contributed by atoms with van der Waals surface area (Å²) in [6.07, 6.45) is 0. The zero-order valence-electron chi connectivity index (χ0n) is 17.3. The number of ether oxygens (including phenoxy) is 2. The molecule has 5 heteroatoms. The van der Waals surface area contributed by atoms with Crippen LogP contribution in [-0.2, 0) is 6.61 Å². The fourth-order valence-corrected chi connectivity index (χ4v) is 4.06. The summed E-state index contributed by atoms with van der Waals surface area (Å²) in [4.78, 5) is 12.9. The number of hydrogen-bond donors (Lipinski definition) is 1. The minimum Gasteiger partial charge on any atom is -0.493 e. The molecule has 1 amide bonds. The third-order valence-corrected chi connectivity index (χ3v) is 5.80. The summed E-state index contributed by atoms with van der Waals surface area (Å²) in [7, 11) is 1.58. The van der Waals surface area contributed by atoms with E-state index in [2.05, 4.69) is 47.0 Å². The van der Waals surface area contributed by atoms with Crippen LogP contribution in [0.2, 0.25) is 0 Å². The number of halogens is 1. The Bertz CT molecular complexity index is 1240. The molecule has 156 valence electrons. The summed E-state index contributed by atoms with van der Waals surface area (Å²) < 4.78 is 12.4. The van der Waals surface area contributed by atoms with Crippen molar-refractivity contribution in [3.05, 3.63) is 99.1 Å². The molecule has 0 saturated heterocycles. The standard InChI is InChI=1S/C26H22INO3/c1-17-7-9-18(10-8-17)16-31-25-23(27)14-21(15-24(25)30-2)26(29)28-22-12-11-19-5-3-4-6-20(19)13-22/h3-15H,16H2,1-2H3,(H,28,29). The van der Waals surface area contributed by atoms with Gasteiger partial charge < -0.3 is 14.8 Å². The van der Waals surface area contributed by atoms with E-state index >= 15 is 0 Å². The lowest BCUT2D eigenvalue weighted by Crippen LogP contribution is -2.13. The van der Waals surface area contributed by atoms with Crippen LogP contribution in [0.1, 0.15) is 21.5 Å². The number of benzene rings is 4. The van der Waals surface area contributed by atoms with Crippen molar-refractivity contribution in [2.75, 3.05) is 12.4 Å². The van der Waals surface area contributed by atoms with Crippen molar-refractivity contribution in [1.29, 1.82) is 0 Å². The highest BCUT2D eigenvalue weighted by Crippen LogP contribution is 2.35. The Kier molecular flexibility index (Phi) is 6.42. The smallest absolute Gasteiger partial charge is 0.255 e. The second kappa shape index (κ2) is 9.39. The van der Waals surface area contributed by atoms with E-state index in [4.69, 9.17) is 9.47 Å². The predicted molar refractivity (Wildman–Crippen MR) is 133 cm³/mol. The molecule has 0 fully saturated rings. The Morgan fingerprint density at radius 1 is 0.935 bits per heavy atom. The topological polar surface area (TPSA) is 47.6 Å². The van der Waals surface area contributed by atoms with E-state index in [1.54, 1.807) is 13.2 Å². The summed E-state index contributed by atoms with van der Waals surface area (Å²) >= 11 is 2.17. The van der Waals surface area contributed by atoms with Gasteiger partial charge in [-0.2, -0.15) is 0 Å². The second-order valence-electron chi connectivity index (χ2n) is 7.28. The van der Waals surface area contributed by atoms with Crippen LogP contribution in [0.15, 0.2) is 78.9 Å². The number of amides is 1. The first kappa shape index (κ1) is 21.2. The predicted octanol–water partition coefficient (Wildman–Crippen LogP) is 6.59. The molecule has 0 saturated carbocycles. The monoisotopic (exact) mass is 523 g/mol. The lowest BCUT2D eigenvalue weighted by Gasteiger charge is -2.15. The average Bonchev–Trinajstić information content (AvgIpc) is 2.78. The minimum absolute atomic E-state index is 0.198. The number of carbonyl (C=O) groups excluding carboxylic acids is 1. The van der Waals surface area contributed by atoms with E-state index in [1.165, 1.54) is 5.56 Å². The molecule has 0 unspecified atom stereocenters. The second-order valence-corrected chi connectivity index (χ2v) is 8.44. The Labute approximate surface area is 195 Å². The summed E-state index contributed by atoms with van der Waals surface area (Å²) in [5, 5.41) is 5.18. The van der Waals surface area contributed by atoms with Crippen LogP contribution in [0.3, 0.4) is 0 Å². The maximum atomic E-state index is 12.9. The van der Waals surface area contributed by atoms with Crippen molar-refractivity contribution in [1.82, 2.24) is 0 Å². The molecule has 31 heavy (non-hydrogen) atoms. The number of nitrogens with one attached hydrogen (secondary N) is 1. The van der Waals surface area contributed by atoms with Crippen LogP contribution in [0.5, 0.6) is 11.5 Å². The fraction of sp³-hybridized carbons (Fsp3) is 0.115. The van der Waals surface area contributed by atoms with Gasteiger partial charge in [0.25, 0.3) is 5.91 Å². The van der Waals surface area contributed by atoms with E-state index < -0.39 is 0 Å². The Morgan fingerprint density at radius 3 is 2.42 bits per heavy atom. The van der Waals surface area contributed by atoms with E-state index in [1.807, 2.05) is 60.7 Å². The molecular weight excluding hydrogens is 501 g/mol. The quantitative estimate of drug-likeness (QED) is 0.290. The highest BCUT2D eigenvalue weighted by atomic mass is 127. The first-order valence-corrected chi connectivity index (χ1v) is 11.0. The number of anilines is 1. The number of hydrogen-bond acceptors (Lipinski definition) is 3. The average molecular weight is 523 g/mol. The van der Waals surface area contributed by atoms with Gasteiger partial charge in [0.15, 0.2) is 11.5 Å². The Morgan fingerprint density at radius 2 is 1.68 bits per heavy atom. The number of aryl methyl sites for hydroxylation is 1. The van der Waals surface area contributed by atoms with Gasteiger partial charge in [-0.1, -0.05) is 60.2 Å². The molecule has 0 atom stereocenters. The number of carbonyl (C=O) groups is 1. The first-order chi connectivity index (χ1) is 15.0. The lowest BCUT2D eigenvalue weighted by molar-refractivity contribution is 0.102. The van der Waals surface area contributed by atoms with Gasteiger partial charge in [0.2, 0.25) is 0 Å². The molecule has 4 rings (SSSR count). The van der Waals surface area contributed by atoms with E-state index in [0.29, 0.717) is 23.7 Å². The molecule has 0 radical (unpaired) electrons. The molecule has 4 nitrogen and oxygen atoms in total. The normalized spacial score (nSPS) is 10.7. The van der Waals surface area contributed by atoms with Crippen LogP contribution >= 0.6 is 22.6 Å². The molecule has 4 aromatic carbocycles. The Balaban J connectivity index is 1.53. The third-order valence-electron chi connectivity index (χ3n) is 5.00. The van der Waals surface area contributed by atoms with Crippen molar-refractivity contribution in [2.45, 2.75) is 13.5 Å². The summed E-state index contributed by atoms with van der Waals surface area (Å²) in [6, 6.07) is 25.6. The fourth-order valence-electron chi connectivity index (χ4n) is 3.30. The molecular formula is C26H22INO3. The van der Waals surface area contributed by atoms with Crippen molar-refractivity contribution in [3.63, 3.8) is 0 Å². The molecule has 0 spiro atoms. The van der Waals surface area contributed by atoms with Crippen molar-refractivity contribution in [3.8, 4) is 11.5 Å². The van der Waals surface area contributed by atoms with Crippen LogP contribution in [0.4, 0.5) is 5.69 Å². The number of rotatable bonds is 6. The van der Waals surface area contributed by atoms with Gasteiger partial charge in [-0.05, 0) is 70.1 Å². The van der Waals surface area contributed by atoms with E-state index in [0.717, 1.165) is 25.6 Å². The van der Waals surface area contributed by atoms with Crippen molar-refractivity contribution in [2.24, 2.45) is 0 Å². The number of methoxy groups -OCH3 is 1. The summed E-state index contributed by atoms with van der Waals surface area (Å²) in [5.41, 5.74) is 3.54. The summed E-state index contributed by atoms with van der Waals surface area (Å²) in [6.45, 7) is 2.48. The van der Waals surface area contributed by atoms with Gasteiger partial charge in [-0.3, -0.25) is 4.79 Å². The molecule has 0 aliphatic rings. The van der Waals surface area contributed by atoms with Gasteiger partial charge in [-0.15, -0.1) is 0 Å². The van der Waals surface area contributed by atoms with Crippen LogP contribution < -0.4 is 14.8 Å². The molecule has 0 bridgehead atoms. The summed E-state index contributed by atoms with van der Waals surface area (Å²) in [5.74, 6) is 0.963. The molecule has 0 aromatic heterocycles. The zero-order valence-corrected chi connectivity index (χ0v) is 19.5. The highest BCUT2D eigenvalue weighted by Gasteiger charge is 2.16. The zero-order chi connectivity index (χ0) is 21.8. The van der Waals surface area contributed by atoms with Crippen molar-refractivity contribution >= 4 is 45.0 Å². The first-order valence-electron chi connectivity index (χ1n) is 9.89. The third kappa shape index (κ3) is 4.99. The van der Waals surface area contributed by atoms with E-state index in [9.17, 15) is 4.79 Å². The van der Waals surface area contributed by atoms with Crippen LogP contribution in [0, 0.1) is 10.5 Å². The van der Waals surface area contributed by atoms with Gasteiger partial charge in [0, 0.05) is 11.3 Å². The van der Waals surface area contributed by atoms with Gasteiger partial charge >= 0.3 is 0 Å². The van der Waals surface area contributed by atoms with Gasteiger partial charge in [0.05, 0.1) is 10.7 Å². The van der Waals surface area contributed by atoms with Crippen LogP contribution in [0.25, 0.3) is 10.8 Å². The highest BCUT2D eigenvalue weighted by molar-refractivity contribution is 14.1. The van der Waals surface area contributed by atoms with Gasteiger partial charge in [-0.25, -0.2) is 0 Å². The van der Waals surface area contributed by atoms with Gasteiger partial charge in [0.1, 0.15) is 6.61 Å². The molecule has 0 aliphatic heterocycles. The Hall–Kier alpha value is -3.06. The molecule has 4 aromatic rings. The molecule has 0 heterocycles. The van der Waals surface area contributed by atoms with Crippen molar-refractivity contribution < 1.29 is 14.3 Å². The maximum Gasteiger partial charge on any atom is 0.255 e. The SMILES string of the molecule is COc1cc(C(=O)Nc2ccc3ccccc3c2)cc(I)c1OCc1ccc(C)cc1. The number of fused-ring (bicyclic) bond motifs is 1. The van der Waals surface area contributed by atoms with E-state index in [-0.39, 0.29) is 5.91 Å². The molecule has 0 aliphatic carbocycles. The largest absolute Gasteiger partial charge is 0.493 e. The maximum absolute atomic E-state index is 12.9.